The van der Waals surface area contributed by atoms with Crippen LogP contribution in [0, 0.1) is 0 Å². The summed E-state index contributed by atoms with van der Waals surface area (Å²) in [5.41, 5.74) is 3.17. The minimum Gasteiger partial charge on any atom is -0.433 e. The van der Waals surface area contributed by atoms with E-state index in [1.54, 1.807) is 18.3 Å². The van der Waals surface area contributed by atoms with E-state index in [4.69, 9.17) is 0 Å². The van der Waals surface area contributed by atoms with Gasteiger partial charge in [0.25, 0.3) is 5.91 Å². The number of amides is 1. The van der Waals surface area contributed by atoms with E-state index in [0.717, 1.165) is 56.3 Å². The number of hydrogen-bond donors (Lipinski definition) is 1. The van der Waals surface area contributed by atoms with Gasteiger partial charge in [0.1, 0.15) is 11.6 Å². The molecule has 1 unspecified atom stereocenters. The summed E-state index contributed by atoms with van der Waals surface area (Å²) < 4.78 is 31.2. The summed E-state index contributed by atoms with van der Waals surface area (Å²) in [6.07, 6.45) is 7.54. The van der Waals surface area contributed by atoms with Crippen LogP contribution in [-0.2, 0) is 0 Å². The number of nitrogens with one attached hydrogen (secondary N) is 1. The standard InChI is InChI=1S/C25H29F2N3O2/c1-3-17-9-7-12-20-22(17)21(24(31)30-13-5-4-6-14-30)16-28-23(20)29-18-10-8-11-19(15-18)32-25(2,26)27/h7-8,10-12,15-17H,3-6,9,13-14H2,1-2H3,(H,28,29). The average Bonchev–Trinajstić information content (AvgIpc) is 2.78. The first-order chi connectivity index (χ1) is 15.4. The Morgan fingerprint density at radius 1 is 1.28 bits per heavy atom. The van der Waals surface area contributed by atoms with E-state index in [0.29, 0.717) is 24.0 Å². The molecule has 2 heterocycles. The number of piperidine rings is 1. The van der Waals surface area contributed by atoms with Crippen LogP contribution in [-0.4, -0.2) is 35.0 Å². The second-order valence-electron chi connectivity index (χ2n) is 8.51. The maximum atomic E-state index is 13.3. The first-order valence-electron chi connectivity index (χ1n) is 11.3. The molecule has 2 aromatic rings. The summed E-state index contributed by atoms with van der Waals surface area (Å²) >= 11 is 0. The summed E-state index contributed by atoms with van der Waals surface area (Å²) in [6.45, 7) is 4.41. The van der Waals surface area contributed by atoms with Crippen molar-refractivity contribution in [2.45, 2.75) is 58.0 Å². The lowest BCUT2D eigenvalue weighted by Gasteiger charge is -2.30. The molecular weight excluding hydrogens is 412 g/mol. The van der Waals surface area contributed by atoms with Crippen LogP contribution in [0.15, 0.2) is 36.5 Å². The molecule has 1 aliphatic heterocycles. The minimum atomic E-state index is -3.26. The van der Waals surface area contributed by atoms with Gasteiger partial charge in [0.15, 0.2) is 0 Å². The van der Waals surface area contributed by atoms with Crippen molar-refractivity contribution in [3.63, 3.8) is 0 Å². The second-order valence-corrected chi connectivity index (χ2v) is 8.51. The number of allylic oxidation sites excluding steroid dienone is 1. The van der Waals surface area contributed by atoms with Crippen molar-refractivity contribution in [1.82, 2.24) is 9.88 Å². The summed E-state index contributed by atoms with van der Waals surface area (Å²) in [4.78, 5) is 19.8. The molecule has 1 N–H and O–H groups in total. The first-order valence-corrected chi connectivity index (χ1v) is 11.3. The molecule has 0 bridgehead atoms. The number of ether oxygens (including phenoxy) is 1. The highest BCUT2D eigenvalue weighted by Gasteiger charge is 2.29. The Balaban J connectivity index is 1.68. The molecule has 1 saturated heterocycles. The Labute approximate surface area is 187 Å². The third-order valence-electron chi connectivity index (χ3n) is 6.03. The zero-order chi connectivity index (χ0) is 22.7. The normalized spacial score (nSPS) is 18.2. The lowest BCUT2D eigenvalue weighted by molar-refractivity contribution is -0.158. The maximum absolute atomic E-state index is 13.3. The van der Waals surface area contributed by atoms with Crippen molar-refractivity contribution in [2.24, 2.45) is 0 Å². The fraction of sp³-hybridized carbons (Fsp3) is 0.440. The van der Waals surface area contributed by atoms with Gasteiger partial charge in [-0.3, -0.25) is 4.79 Å². The molecule has 0 spiro atoms. The van der Waals surface area contributed by atoms with Crippen molar-refractivity contribution in [2.75, 3.05) is 18.4 Å². The summed E-state index contributed by atoms with van der Waals surface area (Å²) in [6, 6.07) is 6.42. The van der Waals surface area contributed by atoms with Gasteiger partial charge in [-0.2, -0.15) is 8.78 Å². The number of nitrogens with zero attached hydrogens (tertiary/aromatic N) is 2. The third kappa shape index (κ3) is 4.92. The number of fused-ring (bicyclic) bond motifs is 1. The Morgan fingerprint density at radius 2 is 2.06 bits per heavy atom. The van der Waals surface area contributed by atoms with Crippen LogP contribution in [0.2, 0.25) is 0 Å². The van der Waals surface area contributed by atoms with Crippen LogP contribution in [0.5, 0.6) is 5.75 Å². The topological polar surface area (TPSA) is 54.5 Å². The lowest BCUT2D eigenvalue weighted by Crippen LogP contribution is -2.36. The molecule has 0 radical (unpaired) electrons. The van der Waals surface area contributed by atoms with Crippen LogP contribution in [0.1, 0.15) is 73.4 Å². The van der Waals surface area contributed by atoms with Gasteiger partial charge in [0.2, 0.25) is 0 Å². The Kier molecular flexibility index (Phi) is 6.44. The van der Waals surface area contributed by atoms with E-state index in [-0.39, 0.29) is 17.6 Å². The quantitative estimate of drug-likeness (QED) is 0.567. The van der Waals surface area contributed by atoms with Gasteiger partial charge in [-0.05, 0) is 55.7 Å². The monoisotopic (exact) mass is 441 g/mol. The number of pyridine rings is 1. The van der Waals surface area contributed by atoms with Gasteiger partial charge in [-0.1, -0.05) is 25.1 Å². The maximum Gasteiger partial charge on any atom is 0.394 e. The molecule has 1 aromatic heterocycles. The molecule has 4 rings (SSSR count). The van der Waals surface area contributed by atoms with Crippen molar-refractivity contribution < 1.29 is 18.3 Å². The van der Waals surface area contributed by atoms with E-state index < -0.39 is 6.11 Å². The van der Waals surface area contributed by atoms with Crippen LogP contribution in [0.25, 0.3) is 6.08 Å². The van der Waals surface area contributed by atoms with Crippen molar-refractivity contribution in [3.05, 3.63) is 53.2 Å². The number of alkyl halides is 2. The average molecular weight is 442 g/mol. The number of likely N-dealkylation sites (tertiary alicyclic amines) is 1. The number of benzene rings is 1. The van der Waals surface area contributed by atoms with Crippen LogP contribution < -0.4 is 10.1 Å². The number of aromatic nitrogens is 1. The van der Waals surface area contributed by atoms with E-state index in [1.165, 1.54) is 12.1 Å². The Morgan fingerprint density at radius 3 is 2.78 bits per heavy atom. The summed E-state index contributed by atoms with van der Waals surface area (Å²) in [5, 5.41) is 3.24. The Bertz CT molecular complexity index is 1010. The zero-order valence-electron chi connectivity index (χ0n) is 18.5. The molecule has 32 heavy (non-hydrogen) atoms. The minimum absolute atomic E-state index is 0.0503. The van der Waals surface area contributed by atoms with Crippen molar-refractivity contribution in [1.29, 1.82) is 0 Å². The zero-order valence-corrected chi connectivity index (χ0v) is 18.5. The predicted molar refractivity (Wildman–Crippen MR) is 122 cm³/mol. The van der Waals surface area contributed by atoms with E-state index in [9.17, 15) is 13.6 Å². The number of carbonyl (C=O) groups is 1. The molecule has 170 valence electrons. The lowest BCUT2D eigenvalue weighted by atomic mass is 9.82. The molecule has 1 atom stereocenters. The highest BCUT2D eigenvalue weighted by atomic mass is 19.3. The van der Waals surface area contributed by atoms with Gasteiger partial charge in [-0.15, -0.1) is 0 Å². The molecule has 0 saturated carbocycles. The highest BCUT2D eigenvalue weighted by molar-refractivity contribution is 5.98. The second kappa shape index (κ2) is 9.27. The fourth-order valence-corrected chi connectivity index (χ4v) is 4.51. The Hall–Kier alpha value is -2.96. The molecular formula is C25H29F2N3O2. The van der Waals surface area contributed by atoms with Gasteiger partial charge in [0, 0.05) is 43.5 Å². The predicted octanol–water partition coefficient (Wildman–Crippen LogP) is 6.35. The largest absolute Gasteiger partial charge is 0.433 e. The first kappa shape index (κ1) is 22.2. The molecule has 1 aromatic carbocycles. The molecule has 5 nitrogen and oxygen atoms in total. The number of hydrogen-bond acceptors (Lipinski definition) is 4. The fourth-order valence-electron chi connectivity index (χ4n) is 4.51. The van der Waals surface area contributed by atoms with Gasteiger partial charge in [0.05, 0.1) is 5.56 Å². The van der Waals surface area contributed by atoms with Crippen molar-refractivity contribution in [3.8, 4) is 5.75 Å². The van der Waals surface area contributed by atoms with Crippen LogP contribution in [0.3, 0.4) is 0 Å². The van der Waals surface area contributed by atoms with Crippen LogP contribution in [0.4, 0.5) is 20.3 Å². The summed E-state index contributed by atoms with van der Waals surface area (Å²) in [7, 11) is 0. The number of carbonyl (C=O) groups excluding carboxylic acids is 1. The third-order valence-corrected chi connectivity index (χ3v) is 6.03. The van der Waals surface area contributed by atoms with Gasteiger partial charge < -0.3 is 15.0 Å². The van der Waals surface area contributed by atoms with E-state index in [1.807, 2.05) is 11.0 Å². The van der Waals surface area contributed by atoms with Gasteiger partial charge in [-0.25, -0.2) is 4.98 Å². The number of halogens is 2. The SMILES string of the molecule is CCC1CC=Cc2c(Nc3cccc(OC(C)(F)F)c3)ncc(C(=O)N3CCCCC3)c21. The van der Waals surface area contributed by atoms with E-state index in [2.05, 4.69) is 28.0 Å². The number of anilines is 2. The molecule has 1 aliphatic carbocycles. The highest BCUT2D eigenvalue weighted by Crippen LogP contribution is 2.39. The molecule has 1 amide bonds. The van der Waals surface area contributed by atoms with Gasteiger partial charge >= 0.3 is 6.11 Å². The van der Waals surface area contributed by atoms with Crippen LogP contribution >= 0.6 is 0 Å². The molecule has 2 aliphatic rings. The van der Waals surface area contributed by atoms with E-state index >= 15 is 0 Å². The van der Waals surface area contributed by atoms with Crippen molar-refractivity contribution >= 4 is 23.5 Å². The molecule has 7 heteroatoms. The summed E-state index contributed by atoms with van der Waals surface area (Å²) in [5.74, 6) is 0.949. The smallest absolute Gasteiger partial charge is 0.394 e. The number of rotatable bonds is 6. The molecule has 1 fully saturated rings.